The van der Waals surface area contributed by atoms with Crippen LogP contribution >= 0.6 is 0 Å². The second-order valence-electron chi connectivity index (χ2n) is 4.20. The number of rotatable bonds is 10. The predicted octanol–water partition coefficient (Wildman–Crippen LogP) is 3.31. The maximum atomic E-state index is 11.3. The topological polar surface area (TPSA) is 63.6 Å². The zero-order valence-corrected chi connectivity index (χ0v) is 11.4. The number of esters is 1. The van der Waals surface area contributed by atoms with Gasteiger partial charge in [0, 0.05) is 0 Å². The van der Waals surface area contributed by atoms with Crippen molar-refractivity contribution in [3.05, 3.63) is 11.6 Å². The molecule has 0 heterocycles. The molecule has 104 valence electrons. The number of allylic oxidation sites excluding steroid dienone is 1. The minimum atomic E-state index is -1.21. The Labute approximate surface area is 109 Å². The summed E-state index contributed by atoms with van der Waals surface area (Å²) in [6.07, 6.45) is 8.94. The molecule has 1 N–H and O–H groups in total. The molecular weight excluding hydrogens is 232 g/mol. The normalized spacial score (nSPS) is 11.3. The van der Waals surface area contributed by atoms with Crippen LogP contribution < -0.4 is 0 Å². The molecule has 4 nitrogen and oxygen atoms in total. The van der Waals surface area contributed by atoms with Crippen molar-refractivity contribution in [2.75, 3.05) is 6.61 Å². The number of carbonyl (C=O) groups is 2. The third kappa shape index (κ3) is 7.87. The van der Waals surface area contributed by atoms with E-state index in [0.29, 0.717) is 6.42 Å². The lowest BCUT2D eigenvalue weighted by atomic mass is 10.1. The molecule has 0 aliphatic heterocycles. The fraction of sp³-hybridized carbons (Fsp3) is 0.714. The van der Waals surface area contributed by atoms with Crippen molar-refractivity contribution in [1.29, 1.82) is 0 Å². The van der Waals surface area contributed by atoms with E-state index < -0.39 is 11.9 Å². The molecule has 18 heavy (non-hydrogen) atoms. The van der Waals surface area contributed by atoms with E-state index in [4.69, 9.17) is 5.11 Å². The molecule has 0 atom stereocenters. The standard InChI is InChI=1S/C14H24O4/c1-3-5-6-7-8-9-10-11-12(13(15)16)14(17)18-4-2/h11H,3-10H2,1-2H3,(H,15,16). The van der Waals surface area contributed by atoms with Crippen LogP contribution in [0.5, 0.6) is 0 Å². The van der Waals surface area contributed by atoms with Gasteiger partial charge in [-0.05, 0) is 19.8 Å². The lowest BCUT2D eigenvalue weighted by molar-refractivity contribution is -0.143. The molecule has 0 aromatic carbocycles. The molecule has 0 amide bonds. The van der Waals surface area contributed by atoms with Crippen LogP contribution in [-0.2, 0) is 14.3 Å². The Morgan fingerprint density at radius 3 is 2.22 bits per heavy atom. The van der Waals surface area contributed by atoms with Gasteiger partial charge in [0.25, 0.3) is 0 Å². The molecule has 0 fully saturated rings. The smallest absolute Gasteiger partial charge is 0.345 e. The summed E-state index contributed by atoms with van der Waals surface area (Å²) in [6, 6.07) is 0. The van der Waals surface area contributed by atoms with E-state index in [-0.39, 0.29) is 12.2 Å². The molecule has 0 aliphatic carbocycles. The fourth-order valence-electron chi connectivity index (χ4n) is 1.64. The van der Waals surface area contributed by atoms with Gasteiger partial charge in [0.15, 0.2) is 0 Å². The fourth-order valence-corrected chi connectivity index (χ4v) is 1.64. The SMILES string of the molecule is CCCCCCCCC=C(C(=O)O)C(=O)OCC. The molecule has 0 saturated heterocycles. The summed E-state index contributed by atoms with van der Waals surface area (Å²) in [7, 11) is 0. The van der Waals surface area contributed by atoms with Crippen LogP contribution in [0, 0.1) is 0 Å². The van der Waals surface area contributed by atoms with Crippen molar-refractivity contribution in [2.45, 2.75) is 58.8 Å². The number of hydrogen-bond acceptors (Lipinski definition) is 3. The molecule has 4 heteroatoms. The van der Waals surface area contributed by atoms with E-state index in [1.807, 2.05) is 0 Å². The summed E-state index contributed by atoms with van der Waals surface area (Å²) in [6.45, 7) is 4.02. The number of ether oxygens (including phenoxy) is 1. The molecule has 0 unspecified atom stereocenters. The first-order valence-electron chi connectivity index (χ1n) is 6.74. The molecule has 0 rings (SSSR count). The second kappa shape index (κ2) is 10.8. The Kier molecular flexibility index (Phi) is 10.0. The highest BCUT2D eigenvalue weighted by molar-refractivity contribution is 6.13. The van der Waals surface area contributed by atoms with Crippen LogP contribution in [-0.4, -0.2) is 23.7 Å². The minimum Gasteiger partial charge on any atom is -0.477 e. The van der Waals surface area contributed by atoms with Crippen molar-refractivity contribution < 1.29 is 19.4 Å². The highest BCUT2D eigenvalue weighted by Crippen LogP contribution is 2.09. The number of unbranched alkanes of at least 4 members (excludes halogenated alkanes) is 6. The van der Waals surface area contributed by atoms with E-state index in [1.165, 1.54) is 31.8 Å². The van der Waals surface area contributed by atoms with Crippen LogP contribution in [0.15, 0.2) is 11.6 Å². The quantitative estimate of drug-likeness (QED) is 0.214. The molecule has 0 spiro atoms. The Morgan fingerprint density at radius 1 is 1.06 bits per heavy atom. The van der Waals surface area contributed by atoms with Crippen molar-refractivity contribution >= 4 is 11.9 Å². The number of hydrogen-bond donors (Lipinski definition) is 1. The Bertz CT molecular complexity index is 282. The maximum absolute atomic E-state index is 11.3. The van der Waals surface area contributed by atoms with Gasteiger partial charge in [-0.15, -0.1) is 0 Å². The molecule has 0 saturated carbocycles. The summed E-state index contributed by atoms with van der Waals surface area (Å²) in [4.78, 5) is 22.2. The van der Waals surface area contributed by atoms with Gasteiger partial charge in [-0.3, -0.25) is 0 Å². The minimum absolute atomic E-state index is 0.195. The van der Waals surface area contributed by atoms with Gasteiger partial charge in [0.2, 0.25) is 0 Å². The van der Waals surface area contributed by atoms with Gasteiger partial charge in [-0.1, -0.05) is 45.1 Å². The van der Waals surface area contributed by atoms with E-state index >= 15 is 0 Å². The maximum Gasteiger partial charge on any atom is 0.345 e. The van der Waals surface area contributed by atoms with Gasteiger partial charge < -0.3 is 9.84 Å². The summed E-state index contributed by atoms with van der Waals surface area (Å²) in [5.74, 6) is -1.95. The first-order chi connectivity index (χ1) is 8.63. The van der Waals surface area contributed by atoms with Crippen LogP contribution in [0.4, 0.5) is 0 Å². The Balaban J connectivity index is 3.95. The molecule has 0 aromatic heterocycles. The lowest BCUT2D eigenvalue weighted by Crippen LogP contribution is -2.15. The highest BCUT2D eigenvalue weighted by Gasteiger charge is 2.17. The predicted molar refractivity (Wildman–Crippen MR) is 70.3 cm³/mol. The lowest BCUT2D eigenvalue weighted by Gasteiger charge is -2.02. The summed E-state index contributed by atoms with van der Waals surface area (Å²) in [5.41, 5.74) is -0.245. The summed E-state index contributed by atoms with van der Waals surface area (Å²) < 4.78 is 4.69. The Morgan fingerprint density at radius 2 is 1.67 bits per heavy atom. The van der Waals surface area contributed by atoms with Crippen molar-refractivity contribution in [3.63, 3.8) is 0 Å². The number of carbonyl (C=O) groups excluding carboxylic acids is 1. The zero-order valence-electron chi connectivity index (χ0n) is 11.4. The van der Waals surface area contributed by atoms with Crippen LogP contribution in [0.3, 0.4) is 0 Å². The first kappa shape index (κ1) is 16.7. The van der Waals surface area contributed by atoms with E-state index in [1.54, 1.807) is 6.92 Å². The second-order valence-corrected chi connectivity index (χ2v) is 4.20. The summed E-state index contributed by atoms with van der Waals surface area (Å²) >= 11 is 0. The number of carboxylic acids is 1. The van der Waals surface area contributed by atoms with Crippen molar-refractivity contribution in [1.82, 2.24) is 0 Å². The van der Waals surface area contributed by atoms with Gasteiger partial charge in [0.05, 0.1) is 6.61 Å². The number of aliphatic carboxylic acids is 1. The van der Waals surface area contributed by atoms with E-state index in [0.717, 1.165) is 12.8 Å². The number of carboxylic acid groups (broad SMARTS) is 1. The van der Waals surface area contributed by atoms with Gasteiger partial charge in [0.1, 0.15) is 5.57 Å². The van der Waals surface area contributed by atoms with E-state index in [2.05, 4.69) is 11.7 Å². The molecule has 0 aromatic rings. The molecule has 0 aliphatic rings. The van der Waals surface area contributed by atoms with Crippen molar-refractivity contribution in [2.24, 2.45) is 0 Å². The zero-order chi connectivity index (χ0) is 13.8. The van der Waals surface area contributed by atoms with Gasteiger partial charge >= 0.3 is 11.9 Å². The van der Waals surface area contributed by atoms with E-state index in [9.17, 15) is 9.59 Å². The highest BCUT2D eigenvalue weighted by atomic mass is 16.5. The monoisotopic (exact) mass is 256 g/mol. The summed E-state index contributed by atoms with van der Waals surface area (Å²) in [5, 5.41) is 8.87. The van der Waals surface area contributed by atoms with Gasteiger partial charge in [-0.2, -0.15) is 0 Å². The van der Waals surface area contributed by atoms with Crippen LogP contribution in [0.25, 0.3) is 0 Å². The molecule has 0 bridgehead atoms. The van der Waals surface area contributed by atoms with Crippen LogP contribution in [0.2, 0.25) is 0 Å². The van der Waals surface area contributed by atoms with Crippen LogP contribution in [0.1, 0.15) is 58.8 Å². The third-order valence-electron chi connectivity index (χ3n) is 2.63. The van der Waals surface area contributed by atoms with Crippen molar-refractivity contribution in [3.8, 4) is 0 Å². The molecule has 0 radical (unpaired) electrons. The third-order valence-corrected chi connectivity index (χ3v) is 2.63. The average molecular weight is 256 g/mol. The van der Waals surface area contributed by atoms with Gasteiger partial charge in [-0.25, -0.2) is 9.59 Å². The Hall–Kier alpha value is -1.32. The largest absolute Gasteiger partial charge is 0.477 e. The molecular formula is C14H24O4. The first-order valence-corrected chi connectivity index (χ1v) is 6.74. The average Bonchev–Trinajstić information content (AvgIpc) is 2.32.